The summed E-state index contributed by atoms with van der Waals surface area (Å²) in [5.74, 6) is 0. The molecule has 0 radical (unpaired) electrons. The summed E-state index contributed by atoms with van der Waals surface area (Å²) in [5, 5.41) is -0.156. The van der Waals surface area contributed by atoms with E-state index in [-0.39, 0.29) is 10.0 Å². The molecule has 174 valence electrons. The van der Waals surface area contributed by atoms with Gasteiger partial charge in [-0.25, -0.2) is 9.98 Å². The number of halogens is 6. The molecule has 33 heavy (non-hydrogen) atoms. The van der Waals surface area contributed by atoms with Crippen molar-refractivity contribution in [3.8, 4) is 10.4 Å². The van der Waals surface area contributed by atoms with Gasteiger partial charge in [-0.05, 0) is 40.9 Å². The number of rotatable bonds is 5. The van der Waals surface area contributed by atoms with E-state index < -0.39 is 46.0 Å². The van der Waals surface area contributed by atoms with Gasteiger partial charge in [0.15, 0.2) is 0 Å². The number of thiazole rings is 1. The Morgan fingerprint density at radius 2 is 1.79 bits per heavy atom. The fourth-order valence-electron chi connectivity index (χ4n) is 2.66. The molecule has 0 aliphatic heterocycles. The van der Waals surface area contributed by atoms with Gasteiger partial charge in [0, 0.05) is 16.7 Å². The molecular formula is C20H12F6N3O2S2-. The van der Waals surface area contributed by atoms with Crippen LogP contribution >= 0.6 is 11.3 Å². The van der Waals surface area contributed by atoms with Crippen LogP contribution < -0.4 is 5.73 Å². The SMILES string of the molecule is NC(=CC(=Nc1ncc(-c2cccc(S(=O)[O-])c2)s1)c1ccccc1C(F)(F)F)C(F)(F)F. The molecule has 0 saturated carbocycles. The maximum atomic E-state index is 13.5. The molecule has 0 fully saturated rings. The summed E-state index contributed by atoms with van der Waals surface area (Å²) in [6.45, 7) is 0. The van der Waals surface area contributed by atoms with E-state index in [1.807, 2.05) is 0 Å². The maximum Gasteiger partial charge on any atom is 0.430 e. The van der Waals surface area contributed by atoms with Gasteiger partial charge in [-0.3, -0.25) is 4.21 Å². The molecular weight excluding hydrogens is 492 g/mol. The van der Waals surface area contributed by atoms with Gasteiger partial charge in [-0.15, -0.1) is 0 Å². The predicted octanol–water partition coefficient (Wildman–Crippen LogP) is 5.59. The topological polar surface area (TPSA) is 91.4 Å². The minimum atomic E-state index is -4.99. The summed E-state index contributed by atoms with van der Waals surface area (Å²) < 4.78 is 102. The summed E-state index contributed by atoms with van der Waals surface area (Å²) in [7, 11) is 0. The molecule has 0 saturated heterocycles. The zero-order valence-corrected chi connectivity index (χ0v) is 17.8. The van der Waals surface area contributed by atoms with Crippen molar-refractivity contribution in [1.82, 2.24) is 4.98 Å². The highest BCUT2D eigenvalue weighted by Crippen LogP contribution is 2.35. The van der Waals surface area contributed by atoms with Crippen molar-refractivity contribution in [2.45, 2.75) is 17.2 Å². The van der Waals surface area contributed by atoms with Crippen molar-refractivity contribution in [3.05, 3.63) is 77.6 Å². The minimum absolute atomic E-state index is 0.00775. The Morgan fingerprint density at radius 1 is 1.09 bits per heavy atom. The van der Waals surface area contributed by atoms with E-state index in [2.05, 4.69) is 9.98 Å². The highest BCUT2D eigenvalue weighted by molar-refractivity contribution is 7.79. The first-order chi connectivity index (χ1) is 15.4. The molecule has 0 amide bonds. The molecule has 5 nitrogen and oxygen atoms in total. The first kappa shape index (κ1) is 24.6. The lowest BCUT2D eigenvalue weighted by molar-refractivity contribution is -0.137. The lowest BCUT2D eigenvalue weighted by atomic mass is 10.0. The number of benzene rings is 2. The molecule has 1 heterocycles. The third-order valence-corrected chi connectivity index (χ3v) is 5.73. The molecule has 1 unspecified atom stereocenters. The van der Waals surface area contributed by atoms with E-state index in [0.717, 1.165) is 23.5 Å². The van der Waals surface area contributed by atoms with E-state index in [4.69, 9.17) is 5.73 Å². The van der Waals surface area contributed by atoms with Gasteiger partial charge in [0.2, 0.25) is 5.13 Å². The van der Waals surface area contributed by atoms with Crippen LogP contribution in [0.15, 0.2) is 76.4 Å². The zero-order valence-electron chi connectivity index (χ0n) is 16.1. The summed E-state index contributed by atoms with van der Waals surface area (Å²) in [6.07, 6.45) is -8.26. The van der Waals surface area contributed by atoms with Crippen molar-refractivity contribution >= 4 is 33.3 Å². The number of nitrogens with two attached hydrogens (primary N) is 1. The lowest BCUT2D eigenvalue weighted by Crippen LogP contribution is -2.21. The standard InChI is InChI=1S/C20H13F6N3O2S2/c21-19(22,23)14-7-2-1-6-13(14)15(9-17(27)20(24,25)26)29-18-28-10-16(32-18)11-4-3-5-12(8-11)33(30)31/h1-10H,27H2,(H,30,31)/p-1. The number of nitrogens with zero attached hydrogens (tertiary/aromatic N) is 2. The summed E-state index contributed by atoms with van der Waals surface area (Å²) in [5.41, 5.74) is 1.34. The Hall–Kier alpha value is -3.03. The predicted molar refractivity (Wildman–Crippen MR) is 111 cm³/mol. The van der Waals surface area contributed by atoms with Crippen LogP contribution in [-0.4, -0.2) is 25.6 Å². The number of hydrogen-bond donors (Lipinski definition) is 1. The van der Waals surface area contributed by atoms with E-state index in [0.29, 0.717) is 22.6 Å². The van der Waals surface area contributed by atoms with Gasteiger partial charge in [-0.1, -0.05) is 41.7 Å². The minimum Gasteiger partial charge on any atom is -0.768 e. The number of hydrogen-bond acceptors (Lipinski definition) is 6. The monoisotopic (exact) mass is 504 g/mol. The largest absolute Gasteiger partial charge is 0.768 e. The second-order valence-electron chi connectivity index (χ2n) is 6.41. The fraction of sp³-hybridized carbons (Fsp3) is 0.100. The molecule has 0 bridgehead atoms. The quantitative estimate of drug-likeness (QED) is 0.279. The Kier molecular flexibility index (Phi) is 7.05. The van der Waals surface area contributed by atoms with Crippen LogP contribution in [0.4, 0.5) is 31.5 Å². The Balaban J connectivity index is 2.13. The molecule has 13 heteroatoms. The second kappa shape index (κ2) is 9.45. The highest BCUT2D eigenvalue weighted by atomic mass is 32.2. The number of aliphatic imine (C=N–C) groups is 1. The van der Waals surface area contributed by atoms with Crippen molar-refractivity contribution in [2.75, 3.05) is 0 Å². The third-order valence-electron chi connectivity index (χ3n) is 4.15. The van der Waals surface area contributed by atoms with Gasteiger partial charge in [-0.2, -0.15) is 26.3 Å². The van der Waals surface area contributed by atoms with Crippen molar-refractivity contribution in [2.24, 2.45) is 10.7 Å². The van der Waals surface area contributed by atoms with Crippen LogP contribution in [0.2, 0.25) is 0 Å². The molecule has 0 aliphatic rings. The first-order valence-corrected chi connectivity index (χ1v) is 10.7. The molecule has 3 rings (SSSR count). The van der Waals surface area contributed by atoms with Crippen LogP contribution in [-0.2, 0) is 17.3 Å². The van der Waals surface area contributed by atoms with E-state index in [1.165, 1.54) is 30.5 Å². The van der Waals surface area contributed by atoms with Crippen molar-refractivity contribution < 1.29 is 35.1 Å². The fourth-order valence-corrected chi connectivity index (χ4v) is 3.87. The smallest absolute Gasteiger partial charge is 0.430 e. The van der Waals surface area contributed by atoms with Crippen LogP contribution in [0.5, 0.6) is 0 Å². The van der Waals surface area contributed by atoms with Crippen molar-refractivity contribution in [1.29, 1.82) is 0 Å². The van der Waals surface area contributed by atoms with Gasteiger partial charge in [0.05, 0.1) is 16.2 Å². The van der Waals surface area contributed by atoms with Gasteiger partial charge < -0.3 is 10.3 Å². The molecule has 2 aromatic carbocycles. The first-order valence-electron chi connectivity index (χ1n) is 8.81. The molecule has 0 aliphatic carbocycles. The highest BCUT2D eigenvalue weighted by Gasteiger charge is 2.36. The van der Waals surface area contributed by atoms with Crippen molar-refractivity contribution in [3.63, 3.8) is 0 Å². The zero-order chi connectivity index (χ0) is 24.4. The van der Waals surface area contributed by atoms with Crippen LogP contribution in [0.1, 0.15) is 11.1 Å². The molecule has 3 aromatic rings. The second-order valence-corrected chi connectivity index (χ2v) is 8.36. The number of alkyl halides is 6. The van der Waals surface area contributed by atoms with Crippen LogP contribution in [0.25, 0.3) is 10.4 Å². The van der Waals surface area contributed by atoms with Gasteiger partial charge >= 0.3 is 12.4 Å². The molecule has 2 N–H and O–H groups in total. The summed E-state index contributed by atoms with van der Waals surface area (Å²) >= 11 is -1.65. The lowest BCUT2D eigenvalue weighted by Gasteiger charge is -2.13. The molecule has 1 atom stereocenters. The maximum absolute atomic E-state index is 13.5. The summed E-state index contributed by atoms with van der Waals surface area (Å²) in [6, 6.07) is 9.73. The average Bonchev–Trinajstić information content (AvgIpc) is 3.20. The normalized spacial score (nSPS) is 14.4. The number of allylic oxidation sites excluding steroid dienone is 2. The van der Waals surface area contributed by atoms with Gasteiger partial charge in [0.25, 0.3) is 0 Å². The Labute approximate surface area is 189 Å². The third kappa shape index (κ3) is 6.06. The molecule has 1 aromatic heterocycles. The van der Waals surface area contributed by atoms with Crippen LogP contribution in [0.3, 0.4) is 0 Å². The van der Waals surface area contributed by atoms with E-state index in [9.17, 15) is 35.1 Å². The van der Waals surface area contributed by atoms with E-state index in [1.54, 1.807) is 6.07 Å². The summed E-state index contributed by atoms with van der Waals surface area (Å²) in [4.78, 5) is 8.24. The molecule has 0 spiro atoms. The van der Waals surface area contributed by atoms with Gasteiger partial charge in [0.1, 0.15) is 5.70 Å². The van der Waals surface area contributed by atoms with Crippen LogP contribution in [0, 0.1) is 0 Å². The Morgan fingerprint density at radius 3 is 2.42 bits per heavy atom. The Bertz CT molecular complexity index is 1250. The number of aromatic nitrogens is 1. The average molecular weight is 504 g/mol. The van der Waals surface area contributed by atoms with E-state index >= 15 is 0 Å².